The zero-order valence-corrected chi connectivity index (χ0v) is 7.72. The summed E-state index contributed by atoms with van der Waals surface area (Å²) in [6, 6.07) is 6.27. The van der Waals surface area contributed by atoms with Gasteiger partial charge in [0.15, 0.2) is 0 Å². The predicted octanol–water partition coefficient (Wildman–Crippen LogP) is 2.81. The molecule has 0 aliphatic carbocycles. The molecule has 1 aromatic rings. The normalized spacial score (nSPS) is 9.83. The Morgan fingerprint density at radius 1 is 1.17 bits per heavy atom. The number of benzene rings is 1. The van der Waals surface area contributed by atoms with Crippen LogP contribution in [0.1, 0.15) is 30.5 Å². The second-order valence-corrected chi connectivity index (χ2v) is 2.84. The van der Waals surface area contributed by atoms with E-state index in [0.29, 0.717) is 0 Å². The molecule has 0 fully saturated rings. The van der Waals surface area contributed by atoms with Gasteiger partial charge in [0.1, 0.15) is 0 Å². The van der Waals surface area contributed by atoms with Gasteiger partial charge in [0.25, 0.3) is 0 Å². The van der Waals surface area contributed by atoms with Crippen molar-refractivity contribution in [3.05, 3.63) is 34.9 Å². The summed E-state index contributed by atoms with van der Waals surface area (Å²) in [6.07, 6.45) is 3.49. The van der Waals surface area contributed by atoms with Crippen LogP contribution in [-0.4, -0.2) is 6.21 Å². The number of rotatable bonds is 3. The standard InChI is InChI=1S/C11H15N/c1-3-9-6-5-7-10(4-2)11(9)8-12/h5-8,12H,3-4H2,1-2H3. The van der Waals surface area contributed by atoms with E-state index < -0.39 is 0 Å². The molecule has 0 unspecified atom stereocenters. The molecular weight excluding hydrogens is 146 g/mol. The lowest BCUT2D eigenvalue weighted by atomic mass is 9.99. The molecule has 0 amide bonds. The summed E-state index contributed by atoms with van der Waals surface area (Å²) in [4.78, 5) is 0. The highest BCUT2D eigenvalue weighted by atomic mass is 14.3. The molecule has 0 aromatic heterocycles. The van der Waals surface area contributed by atoms with Gasteiger partial charge >= 0.3 is 0 Å². The number of nitrogens with one attached hydrogen (secondary N) is 1. The van der Waals surface area contributed by atoms with Crippen LogP contribution in [0.25, 0.3) is 0 Å². The molecule has 0 atom stereocenters. The van der Waals surface area contributed by atoms with Crippen LogP contribution >= 0.6 is 0 Å². The highest BCUT2D eigenvalue weighted by Gasteiger charge is 2.01. The molecule has 0 heterocycles. The summed E-state index contributed by atoms with van der Waals surface area (Å²) < 4.78 is 0. The van der Waals surface area contributed by atoms with Gasteiger partial charge in [0, 0.05) is 6.21 Å². The van der Waals surface area contributed by atoms with Crippen molar-refractivity contribution in [2.24, 2.45) is 0 Å². The van der Waals surface area contributed by atoms with Gasteiger partial charge in [-0.05, 0) is 29.5 Å². The first kappa shape index (κ1) is 8.98. The summed E-state index contributed by atoms with van der Waals surface area (Å²) in [6.45, 7) is 4.25. The van der Waals surface area contributed by atoms with E-state index in [2.05, 4.69) is 32.0 Å². The third kappa shape index (κ3) is 1.55. The smallest absolute Gasteiger partial charge is 0.0255 e. The lowest BCUT2D eigenvalue weighted by Crippen LogP contribution is -1.96. The third-order valence-corrected chi connectivity index (χ3v) is 2.19. The summed E-state index contributed by atoms with van der Waals surface area (Å²) in [5, 5.41) is 7.31. The minimum Gasteiger partial charge on any atom is -0.308 e. The van der Waals surface area contributed by atoms with E-state index in [9.17, 15) is 0 Å². The van der Waals surface area contributed by atoms with Crippen molar-refractivity contribution < 1.29 is 0 Å². The molecule has 0 saturated carbocycles. The highest BCUT2D eigenvalue weighted by molar-refractivity contribution is 5.81. The van der Waals surface area contributed by atoms with Crippen molar-refractivity contribution in [1.29, 1.82) is 5.41 Å². The van der Waals surface area contributed by atoms with Crippen LogP contribution in [0.2, 0.25) is 0 Å². The Morgan fingerprint density at radius 2 is 1.67 bits per heavy atom. The Labute approximate surface area is 73.9 Å². The first-order chi connectivity index (χ1) is 5.83. The molecule has 1 rings (SSSR count). The molecule has 0 bridgehead atoms. The fourth-order valence-corrected chi connectivity index (χ4v) is 1.47. The van der Waals surface area contributed by atoms with E-state index in [1.807, 2.05) is 0 Å². The van der Waals surface area contributed by atoms with E-state index in [4.69, 9.17) is 5.41 Å². The van der Waals surface area contributed by atoms with Crippen molar-refractivity contribution in [2.45, 2.75) is 26.7 Å². The molecule has 0 spiro atoms. The summed E-state index contributed by atoms with van der Waals surface area (Å²) in [5.74, 6) is 0. The van der Waals surface area contributed by atoms with Crippen molar-refractivity contribution in [1.82, 2.24) is 0 Å². The van der Waals surface area contributed by atoms with Gasteiger partial charge in [-0.25, -0.2) is 0 Å². The zero-order chi connectivity index (χ0) is 8.97. The Morgan fingerprint density at radius 3 is 2.00 bits per heavy atom. The minimum absolute atomic E-state index is 1.01. The third-order valence-electron chi connectivity index (χ3n) is 2.19. The molecule has 1 heteroatoms. The van der Waals surface area contributed by atoms with Crippen LogP contribution in [0.4, 0.5) is 0 Å². The predicted molar refractivity (Wildman–Crippen MR) is 53.1 cm³/mol. The number of hydrogen-bond acceptors (Lipinski definition) is 1. The van der Waals surface area contributed by atoms with Crippen LogP contribution in [0.15, 0.2) is 18.2 Å². The average Bonchev–Trinajstić information content (AvgIpc) is 2.16. The topological polar surface area (TPSA) is 23.9 Å². The van der Waals surface area contributed by atoms with Crippen LogP contribution in [0.5, 0.6) is 0 Å². The SMILES string of the molecule is CCc1cccc(CC)c1C=N. The molecule has 0 aliphatic rings. The van der Waals surface area contributed by atoms with Gasteiger partial charge in [-0.2, -0.15) is 0 Å². The maximum Gasteiger partial charge on any atom is 0.0255 e. The molecule has 1 nitrogen and oxygen atoms in total. The molecule has 0 saturated heterocycles. The van der Waals surface area contributed by atoms with E-state index in [1.165, 1.54) is 17.3 Å². The van der Waals surface area contributed by atoms with Crippen molar-refractivity contribution in [3.63, 3.8) is 0 Å². The molecule has 0 aliphatic heterocycles. The second kappa shape index (κ2) is 4.05. The van der Waals surface area contributed by atoms with E-state index in [-0.39, 0.29) is 0 Å². The fraction of sp³-hybridized carbons (Fsp3) is 0.364. The quantitative estimate of drug-likeness (QED) is 0.659. The van der Waals surface area contributed by atoms with Crippen molar-refractivity contribution in [3.8, 4) is 0 Å². The van der Waals surface area contributed by atoms with Gasteiger partial charge in [0.2, 0.25) is 0 Å². The zero-order valence-electron chi connectivity index (χ0n) is 7.72. The first-order valence-corrected chi connectivity index (χ1v) is 4.44. The van der Waals surface area contributed by atoms with Gasteiger partial charge in [0.05, 0.1) is 0 Å². The second-order valence-electron chi connectivity index (χ2n) is 2.84. The van der Waals surface area contributed by atoms with E-state index >= 15 is 0 Å². The molecule has 0 radical (unpaired) electrons. The van der Waals surface area contributed by atoms with E-state index in [1.54, 1.807) is 0 Å². The lowest BCUT2D eigenvalue weighted by Gasteiger charge is -2.07. The van der Waals surface area contributed by atoms with Crippen LogP contribution in [0.3, 0.4) is 0 Å². The molecule has 12 heavy (non-hydrogen) atoms. The van der Waals surface area contributed by atoms with Crippen LogP contribution < -0.4 is 0 Å². The monoisotopic (exact) mass is 161 g/mol. The van der Waals surface area contributed by atoms with Gasteiger partial charge in [-0.1, -0.05) is 32.0 Å². The molecular formula is C11H15N. The summed E-state index contributed by atoms with van der Waals surface area (Å²) in [7, 11) is 0. The maximum atomic E-state index is 7.31. The van der Waals surface area contributed by atoms with Crippen molar-refractivity contribution in [2.75, 3.05) is 0 Å². The molecule has 1 aromatic carbocycles. The van der Waals surface area contributed by atoms with Crippen molar-refractivity contribution >= 4 is 6.21 Å². The Balaban J connectivity index is 3.21. The largest absolute Gasteiger partial charge is 0.308 e. The number of hydrogen-bond donors (Lipinski definition) is 1. The van der Waals surface area contributed by atoms with E-state index in [0.717, 1.165) is 18.4 Å². The molecule has 64 valence electrons. The van der Waals surface area contributed by atoms with Crippen LogP contribution in [0, 0.1) is 5.41 Å². The average molecular weight is 161 g/mol. The lowest BCUT2D eigenvalue weighted by molar-refractivity contribution is 1.08. The maximum absolute atomic E-state index is 7.31. The first-order valence-electron chi connectivity index (χ1n) is 4.44. The Kier molecular flexibility index (Phi) is 3.03. The highest BCUT2D eigenvalue weighted by Crippen LogP contribution is 2.13. The summed E-state index contributed by atoms with van der Waals surface area (Å²) >= 11 is 0. The molecule has 1 N–H and O–H groups in total. The number of aryl methyl sites for hydroxylation is 2. The van der Waals surface area contributed by atoms with Gasteiger partial charge in [-0.15, -0.1) is 0 Å². The van der Waals surface area contributed by atoms with Gasteiger partial charge in [-0.3, -0.25) is 0 Å². The fourth-order valence-electron chi connectivity index (χ4n) is 1.47. The Bertz CT molecular complexity index is 254. The van der Waals surface area contributed by atoms with Crippen LogP contribution in [-0.2, 0) is 12.8 Å². The minimum atomic E-state index is 1.01. The summed E-state index contributed by atoms with van der Waals surface area (Å²) in [5.41, 5.74) is 3.68. The Hall–Kier alpha value is -1.11. The van der Waals surface area contributed by atoms with Gasteiger partial charge < -0.3 is 5.41 Å².